The van der Waals surface area contributed by atoms with Crippen LogP contribution in [0.15, 0.2) is 41.2 Å². The Morgan fingerprint density at radius 3 is 2.42 bits per heavy atom. The van der Waals surface area contributed by atoms with Crippen molar-refractivity contribution in [2.75, 3.05) is 19.3 Å². The van der Waals surface area contributed by atoms with E-state index in [-0.39, 0.29) is 36.8 Å². The molecule has 1 aliphatic carbocycles. The molecule has 0 bridgehead atoms. The topological polar surface area (TPSA) is 112 Å². The third kappa shape index (κ3) is 4.01. The van der Waals surface area contributed by atoms with Gasteiger partial charge < -0.3 is 14.8 Å². The zero-order valence-electron chi connectivity index (χ0n) is 17.6. The molecule has 31 heavy (non-hydrogen) atoms. The molecular formula is C22H26N4O4S. The number of hydrogen-bond donors (Lipinski definition) is 2. The summed E-state index contributed by atoms with van der Waals surface area (Å²) in [6.07, 6.45) is 2.76. The lowest BCUT2D eigenvalue weighted by Crippen LogP contribution is -2.49. The van der Waals surface area contributed by atoms with Gasteiger partial charge >= 0.3 is 0 Å². The Morgan fingerprint density at radius 2 is 1.81 bits per heavy atom. The Balaban J connectivity index is 1.50. The lowest BCUT2D eigenvalue weighted by Gasteiger charge is -2.32. The fraction of sp³-hybridized carbons (Fsp3) is 0.409. The van der Waals surface area contributed by atoms with E-state index < -0.39 is 25.9 Å². The van der Waals surface area contributed by atoms with Crippen LogP contribution >= 0.6 is 0 Å². The fourth-order valence-corrected chi connectivity index (χ4v) is 5.22. The second-order valence-corrected chi connectivity index (χ2v) is 11.1. The van der Waals surface area contributed by atoms with Crippen LogP contribution in [0.25, 0.3) is 0 Å². The van der Waals surface area contributed by atoms with Crippen molar-refractivity contribution in [3.05, 3.63) is 69.1 Å². The van der Waals surface area contributed by atoms with Crippen molar-refractivity contribution in [1.82, 2.24) is 14.8 Å². The molecule has 2 aromatic rings. The first-order valence-corrected chi connectivity index (χ1v) is 12.2. The molecule has 1 unspecified atom stereocenters. The Hall–Kier alpha value is -2.94. The van der Waals surface area contributed by atoms with Crippen LogP contribution in [0.2, 0.25) is 0 Å². The first-order valence-electron chi connectivity index (χ1n) is 10.2. The number of rotatable bonds is 6. The standard InChI is InChI=1S/C22H26N4O4S/c1-15-3-5-16(6-4-15)13-24-19(27)17-7-8-18-21(29)25(11-12-26(18)20(17)28)14-22(9-10-22)31(2,23)30/h3-8,23H,9-14H2,1-2H3,(H,24,27). The predicted octanol–water partition coefficient (Wildman–Crippen LogP) is 1.75. The molecule has 2 amide bonds. The largest absolute Gasteiger partial charge is 0.348 e. The molecule has 2 N–H and O–H groups in total. The lowest BCUT2D eigenvalue weighted by atomic mass is 10.1. The number of carbonyl (C=O) groups excluding carboxylic acids is 2. The van der Waals surface area contributed by atoms with Gasteiger partial charge in [0.1, 0.15) is 11.3 Å². The van der Waals surface area contributed by atoms with E-state index in [2.05, 4.69) is 5.32 Å². The van der Waals surface area contributed by atoms with E-state index in [1.807, 2.05) is 31.2 Å². The minimum atomic E-state index is -2.76. The van der Waals surface area contributed by atoms with Gasteiger partial charge in [-0.05, 0) is 37.5 Å². The van der Waals surface area contributed by atoms with Crippen molar-refractivity contribution in [3.63, 3.8) is 0 Å². The first-order chi connectivity index (χ1) is 14.6. The summed E-state index contributed by atoms with van der Waals surface area (Å²) in [4.78, 5) is 40.0. The average Bonchev–Trinajstić information content (AvgIpc) is 3.51. The molecule has 2 heterocycles. The highest BCUT2D eigenvalue weighted by Crippen LogP contribution is 2.44. The molecule has 1 fully saturated rings. The van der Waals surface area contributed by atoms with Crippen molar-refractivity contribution in [2.45, 2.75) is 37.6 Å². The molecule has 1 aliphatic heterocycles. The summed E-state index contributed by atoms with van der Waals surface area (Å²) in [5.41, 5.74) is 1.78. The van der Waals surface area contributed by atoms with Crippen LogP contribution in [-0.2, 0) is 22.8 Å². The van der Waals surface area contributed by atoms with Crippen molar-refractivity contribution >= 4 is 21.5 Å². The van der Waals surface area contributed by atoms with E-state index in [1.165, 1.54) is 23.0 Å². The van der Waals surface area contributed by atoms with Gasteiger partial charge in [0.2, 0.25) is 0 Å². The number of pyridine rings is 1. The summed E-state index contributed by atoms with van der Waals surface area (Å²) in [5.74, 6) is -0.808. The van der Waals surface area contributed by atoms with Gasteiger partial charge in [0, 0.05) is 42.2 Å². The molecular weight excluding hydrogens is 416 g/mol. The molecule has 1 aromatic heterocycles. The SMILES string of the molecule is Cc1ccc(CNC(=O)c2ccc3n(c2=O)CCN(CC2(S(C)(=N)=O)CC2)C3=O)cc1. The third-order valence-electron chi connectivity index (χ3n) is 6.21. The summed E-state index contributed by atoms with van der Waals surface area (Å²) in [6.45, 7) is 3.10. The molecule has 2 aliphatic rings. The molecule has 164 valence electrons. The van der Waals surface area contributed by atoms with Gasteiger partial charge in [0.05, 0.1) is 4.75 Å². The van der Waals surface area contributed by atoms with Crippen LogP contribution in [0.4, 0.5) is 0 Å². The first kappa shape index (κ1) is 21.3. The Bertz CT molecular complexity index is 1210. The molecule has 8 nitrogen and oxygen atoms in total. The van der Waals surface area contributed by atoms with E-state index in [9.17, 15) is 18.6 Å². The molecule has 0 saturated heterocycles. The van der Waals surface area contributed by atoms with Gasteiger partial charge in [-0.2, -0.15) is 0 Å². The van der Waals surface area contributed by atoms with E-state index >= 15 is 0 Å². The number of amides is 2. The van der Waals surface area contributed by atoms with Gasteiger partial charge in [-0.1, -0.05) is 29.8 Å². The number of fused-ring (bicyclic) bond motifs is 1. The van der Waals surface area contributed by atoms with E-state index in [0.29, 0.717) is 19.4 Å². The van der Waals surface area contributed by atoms with Gasteiger partial charge in [-0.15, -0.1) is 0 Å². The molecule has 0 radical (unpaired) electrons. The molecule has 4 rings (SSSR count). The average molecular weight is 443 g/mol. The summed E-state index contributed by atoms with van der Waals surface area (Å²) in [6, 6.07) is 10.6. The monoisotopic (exact) mass is 442 g/mol. The third-order valence-corrected chi connectivity index (χ3v) is 8.40. The Labute approximate surface area is 181 Å². The summed E-state index contributed by atoms with van der Waals surface area (Å²) < 4.78 is 20.9. The van der Waals surface area contributed by atoms with E-state index in [0.717, 1.165) is 11.1 Å². The van der Waals surface area contributed by atoms with Crippen molar-refractivity contribution in [1.29, 1.82) is 4.78 Å². The van der Waals surface area contributed by atoms with Crippen LogP contribution in [-0.4, -0.2) is 49.6 Å². The molecule has 1 atom stereocenters. The van der Waals surface area contributed by atoms with Crippen molar-refractivity contribution < 1.29 is 13.8 Å². The van der Waals surface area contributed by atoms with Crippen LogP contribution in [0.5, 0.6) is 0 Å². The van der Waals surface area contributed by atoms with Crippen molar-refractivity contribution in [3.8, 4) is 0 Å². The molecule has 1 aromatic carbocycles. The number of benzene rings is 1. The van der Waals surface area contributed by atoms with Gasteiger partial charge in [0.25, 0.3) is 17.4 Å². The second kappa shape index (κ2) is 7.64. The number of aromatic nitrogens is 1. The summed E-state index contributed by atoms with van der Waals surface area (Å²) in [7, 11) is -2.76. The number of nitrogens with one attached hydrogen (secondary N) is 2. The zero-order chi connectivity index (χ0) is 22.4. The summed E-state index contributed by atoms with van der Waals surface area (Å²) in [5, 5.41) is 2.76. The highest BCUT2D eigenvalue weighted by Gasteiger charge is 2.51. The van der Waals surface area contributed by atoms with Gasteiger partial charge in [0.15, 0.2) is 0 Å². The number of hydrogen-bond acceptors (Lipinski definition) is 5. The highest BCUT2D eigenvalue weighted by atomic mass is 32.2. The fourth-order valence-electron chi connectivity index (χ4n) is 3.94. The quantitative estimate of drug-likeness (QED) is 0.710. The normalized spacial score (nSPS) is 18.8. The zero-order valence-corrected chi connectivity index (χ0v) is 18.5. The molecule has 9 heteroatoms. The van der Waals surface area contributed by atoms with Gasteiger partial charge in [-0.25, -0.2) is 4.21 Å². The van der Waals surface area contributed by atoms with Crippen LogP contribution in [0.1, 0.15) is 44.8 Å². The second-order valence-electron chi connectivity index (χ2n) is 8.51. The molecule has 1 saturated carbocycles. The van der Waals surface area contributed by atoms with Crippen molar-refractivity contribution in [2.24, 2.45) is 0 Å². The Kier molecular flexibility index (Phi) is 5.25. The van der Waals surface area contributed by atoms with E-state index in [1.54, 1.807) is 4.90 Å². The maximum atomic E-state index is 12.9. The van der Waals surface area contributed by atoms with Crippen LogP contribution in [0.3, 0.4) is 0 Å². The minimum absolute atomic E-state index is 0.00138. The number of aryl methyl sites for hydroxylation is 1. The predicted molar refractivity (Wildman–Crippen MR) is 118 cm³/mol. The van der Waals surface area contributed by atoms with E-state index in [4.69, 9.17) is 4.78 Å². The number of nitrogens with zero attached hydrogens (tertiary/aromatic N) is 2. The number of carbonyl (C=O) groups is 2. The highest BCUT2D eigenvalue weighted by molar-refractivity contribution is 7.93. The maximum absolute atomic E-state index is 12.9. The minimum Gasteiger partial charge on any atom is -0.348 e. The lowest BCUT2D eigenvalue weighted by molar-refractivity contribution is 0.0695. The molecule has 0 spiro atoms. The summed E-state index contributed by atoms with van der Waals surface area (Å²) >= 11 is 0. The van der Waals surface area contributed by atoms with Gasteiger partial charge in [-0.3, -0.25) is 19.2 Å². The van der Waals surface area contributed by atoms with Crippen LogP contribution in [0, 0.1) is 11.7 Å². The maximum Gasteiger partial charge on any atom is 0.270 e. The smallest absolute Gasteiger partial charge is 0.270 e. The Morgan fingerprint density at radius 1 is 1.13 bits per heavy atom. The van der Waals surface area contributed by atoms with Crippen LogP contribution < -0.4 is 10.9 Å².